The number of fused-ring (bicyclic) bond motifs is 1. The molecule has 1 aromatic carbocycles. The van der Waals surface area contributed by atoms with Crippen molar-refractivity contribution in [1.29, 1.82) is 0 Å². The Bertz CT molecular complexity index is 1070. The number of carbonyl (C=O) groups is 2. The third-order valence-corrected chi connectivity index (χ3v) is 5.22. The van der Waals surface area contributed by atoms with Gasteiger partial charge in [0.1, 0.15) is 5.82 Å². The fraction of sp³-hybridized carbons (Fsp3) is 0.421. The van der Waals surface area contributed by atoms with Gasteiger partial charge in [-0.1, -0.05) is 0 Å². The van der Waals surface area contributed by atoms with Gasteiger partial charge < -0.3 is 20.3 Å². The number of alkyl halides is 3. The number of rotatable bonds is 5. The molecule has 1 aliphatic rings. The zero-order valence-corrected chi connectivity index (χ0v) is 16.6. The predicted octanol–water partition coefficient (Wildman–Crippen LogP) is 2.88. The molecule has 32 heavy (non-hydrogen) atoms. The second-order valence-corrected chi connectivity index (χ2v) is 7.41. The van der Waals surface area contributed by atoms with Crippen LogP contribution in [0.3, 0.4) is 0 Å². The van der Waals surface area contributed by atoms with Crippen LogP contribution in [0.2, 0.25) is 0 Å². The molecule has 2 aromatic rings. The van der Waals surface area contributed by atoms with Gasteiger partial charge in [0.25, 0.3) is 0 Å². The molecule has 0 radical (unpaired) electrons. The summed E-state index contributed by atoms with van der Waals surface area (Å²) in [6.07, 6.45) is -5.57. The highest BCUT2D eigenvalue weighted by molar-refractivity contribution is 5.87. The summed E-state index contributed by atoms with van der Waals surface area (Å²) in [7, 11) is 0. The first-order valence-corrected chi connectivity index (χ1v) is 9.40. The maximum absolute atomic E-state index is 13.8. The minimum Gasteiger partial charge on any atom is -0.476 e. The van der Waals surface area contributed by atoms with Gasteiger partial charge in [0.05, 0.1) is 11.7 Å². The number of carbonyl (C=O) groups excluding carboxylic acids is 1. The van der Waals surface area contributed by atoms with E-state index in [0.29, 0.717) is 12.1 Å². The van der Waals surface area contributed by atoms with Crippen LogP contribution in [0.25, 0.3) is 0 Å². The number of hydrogen-bond acceptors (Lipinski definition) is 4. The summed E-state index contributed by atoms with van der Waals surface area (Å²) in [6.45, 7) is 0.850. The number of carboxylic acids is 1. The highest BCUT2D eigenvalue weighted by Crippen LogP contribution is 2.36. The van der Waals surface area contributed by atoms with Crippen molar-refractivity contribution in [2.75, 3.05) is 6.54 Å². The van der Waals surface area contributed by atoms with E-state index in [1.54, 1.807) is 0 Å². The average Bonchev–Trinajstić information content (AvgIpc) is 3.07. The van der Waals surface area contributed by atoms with Crippen molar-refractivity contribution in [3.63, 3.8) is 0 Å². The summed E-state index contributed by atoms with van der Waals surface area (Å²) in [4.78, 5) is 28.5. The standard InChI is InChI=1S/C19H18F6N4O3/c1-8-16-15(17(31)32)27-18(19(23,24)25)29(16)3-2-28(8)14(30)6-10(26)4-9-5-12(21)13(22)7-11(9)20/h5,7-8,10H,2-4,6,26H2,1H3,(H,31,32)/t8-,10-/m1/s1. The van der Waals surface area contributed by atoms with E-state index in [4.69, 9.17) is 5.73 Å². The molecule has 0 fully saturated rings. The number of carboxylic acid groups (broad SMARTS) is 1. The molecule has 0 spiro atoms. The van der Waals surface area contributed by atoms with Crippen LogP contribution >= 0.6 is 0 Å². The average molecular weight is 464 g/mol. The van der Waals surface area contributed by atoms with Gasteiger partial charge in [0.15, 0.2) is 17.3 Å². The molecule has 0 unspecified atom stereocenters. The van der Waals surface area contributed by atoms with Gasteiger partial charge in [-0.3, -0.25) is 4.79 Å². The number of halogens is 6. The van der Waals surface area contributed by atoms with Gasteiger partial charge in [-0.25, -0.2) is 22.9 Å². The molecule has 0 saturated carbocycles. The van der Waals surface area contributed by atoms with Gasteiger partial charge in [-0.15, -0.1) is 0 Å². The molecule has 3 rings (SSSR count). The highest BCUT2D eigenvalue weighted by Gasteiger charge is 2.43. The lowest BCUT2D eigenvalue weighted by Crippen LogP contribution is -2.44. The van der Waals surface area contributed by atoms with Gasteiger partial charge in [0.2, 0.25) is 11.7 Å². The topological polar surface area (TPSA) is 101 Å². The van der Waals surface area contributed by atoms with Gasteiger partial charge in [0, 0.05) is 31.6 Å². The van der Waals surface area contributed by atoms with Crippen molar-refractivity contribution >= 4 is 11.9 Å². The van der Waals surface area contributed by atoms with E-state index in [1.807, 2.05) is 0 Å². The molecule has 2 atom stereocenters. The van der Waals surface area contributed by atoms with E-state index in [0.717, 1.165) is 9.47 Å². The van der Waals surface area contributed by atoms with Crippen LogP contribution in [0.15, 0.2) is 12.1 Å². The molecule has 2 heterocycles. The smallest absolute Gasteiger partial charge is 0.449 e. The third-order valence-electron chi connectivity index (χ3n) is 5.22. The lowest BCUT2D eigenvalue weighted by molar-refractivity contribution is -0.148. The molecule has 7 nitrogen and oxygen atoms in total. The molecule has 3 N–H and O–H groups in total. The summed E-state index contributed by atoms with van der Waals surface area (Å²) in [6, 6.07) is -1.07. The van der Waals surface area contributed by atoms with Crippen LogP contribution in [-0.2, 0) is 23.9 Å². The lowest BCUT2D eigenvalue weighted by atomic mass is 10.0. The summed E-state index contributed by atoms with van der Waals surface area (Å²) >= 11 is 0. The summed E-state index contributed by atoms with van der Waals surface area (Å²) in [5, 5.41) is 9.28. The number of nitrogens with two attached hydrogens (primary N) is 1. The minimum atomic E-state index is -4.88. The van der Waals surface area contributed by atoms with Gasteiger partial charge in [-0.2, -0.15) is 13.2 Å². The lowest BCUT2D eigenvalue weighted by Gasteiger charge is -2.36. The monoisotopic (exact) mass is 464 g/mol. The zero-order valence-electron chi connectivity index (χ0n) is 16.6. The molecule has 0 aliphatic carbocycles. The Hall–Kier alpha value is -3.09. The summed E-state index contributed by atoms with van der Waals surface area (Å²) in [5.41, 5.74) is 4.54. The first kappa shape index (κ1) is 23.6. The molecule has 1 aliphatic heterocycles. The number of imidazole rings is 1. The van der Waals surface area contributed by atoms with Crippen molar-refractivity contribution in [3.05, 3.63) is 52.4 Å². The quantitative estimate of drug-likeness (QED) is 0.524. The largest absolute Gasteiger partial charge is 0.476 e. The van der Waals surface area contributed by atoms with E-state index in [1.165, 1.54) is 6.92 Å². The Labute approximate surface area is 177 Å². The Kier molecular flexibility index (Phi) is 6.22. The second kappa shape index (κ2) is 8.45. The fourth-order valence-electron chi connectivity index (χ4n) is 3.80. The summed E-state index contributed by atoms with van der Waals surface area (Å²) in [5.74, 6) is -7.34. The molecule has 1 amide bonds. The highest BCUT2D eigenvalue weighted by atomic mass is 19.4. The van der Waals surface area contributed by atoms with Crippen LogP contribution in [0, 0.1) is 17.5 Å². The van der Waals surface area contributed by atoms with Crippen LogP contribution < -0.4 is 5.73 Å². The van der Waals surface area contributed by atoms with E-state index < -0.39 is 59.1 Å². The van der Waals surface area contributed by atoms with Gasteiger partial charge in [-0.05, 0) is 25.0 Å². The van der Waals surface area contributed by atoms with E-state index in [9.17, 15) is 41.0 Å². The van der Waals surface area contributed by atoms with E-state index in [2.05, 4.69) is 4.98 Å². The fourth-order valence-corrected chi connectivity index (χ4v) is 3.80. The molecule has 13 heteroatoms. The molecule has 1 aromatic heterocycles. The number of aromatic nitrogens is 2. The summed E-state index contributed by atoms with van der Waals surface area (Å²) < 4.78 is 80.7. The molecule has 0 saturated heterocycles. The number of amides is 1. The molecule has 0 bridgehead atoms. The van der Waals surface area contributed by atoms with Crippen molar-refractivity contribution < 1.29 is 41.0 Å². The number of aromatic carboxylic acids is 1. The molecule has 174 valence electrons. The maximum atomic E-state index is 13.8. The molecular formula is C19H18F6N4O3. The Morgan fingerprint density at radius 3 is 2.41 bits per heavy atom. The first-order valence-electron chi connectivity index (χ1n) is 9.40. The Balaban J connectivity index is 1.79. The van der Waals surface area contributed by atoms with Crippen molar-refractivity contribution in [3.8, 4) is 0 Å². The number of benzene rings is 1. The van der Waals surface area contributed by atoms with Crippen molar-refractivity contribution in [1.82, 2.24) is 14.5 Å². The van der Waals surface area contributed by atoms with Crippen LogP contribution in [0.4, 0.5) is 26.3 Å². The van der Waals surface area contributed by atoms with Crippen LogP contribution in [0.5, 0.6) is 0 Å². The van der Waals surface area contributed by atoms with E-state index in [-0.39, 0.29) is 37.2 Å². The van der Waals surface area contributed by atoms with Crippen molar-refractivity contribution in [2.45, 2.75) is 44.6 Å². The second-order valence-electron chi connectivity index (χ2n) is 7.41. The zero-order chi connectivity index (χ0) is 24.0. The van der Waals surface area contributed by atoms with Crippen LogP contribution in [0.1, 0.15) is 47.0 Å². The number of nitrogens with zero attached hydrogens (tertiary/aromatic N) is 3. The van der Waals surface area contributed by atoms with E-state index >= 15 is 0 Å². The third kappa shape index (κ3) is 4.42. The molecular weight excluding hydrogens is 446 g/mol. The minimum absolute atomic E-state index is 0.169. The predicted molar refractivity (Wildman–Crippen MR) is 96.9 cm³/mol. The normalized spacial score (nSPS) is 17.2. The Morgan fingerprint density at radius 2 is 1.81 bits per heavy atom. The Morgan fingerprint density at radius 1 is 1.19 bits per heavy atom. The van der Waals surface area contributed by atoms with Crippen molar-refractivity contribution in [2.24, 2.45) is 5.73 Å². The first-order chi connectivity index (χ1) is 14.8. The number of hydrogen-bond donors (Lipinski definition) is 2. The maximum Gasteiger partial charge on any atom is 0.449 e. The van der Waals surface area contributed by atoms with Gasteiger partial charge >= 0.3 is 12.1 Å². The SMILES string of the molecule is C[C@@H]1c2c(C(=O)O)nc(C(F)(F)F)n2CCN1C(=O)C[C@H](N)Cc1cc(F)c(F)cc1F. The van der Waals surface area contributed by atoms with Crippen LogP contribution in [-0.4, -0.2) is 44.0 Å².